The van der Waals surface area contributed by atoms with Crippen LogP contribution in [0.15, 0.2) is 99.9 Å². The van der Waals surface area contributed by atoms with Crippen LogP contribution in [0.5, 0.6) is 6.08 Å². The van der Waals surface area contributed by atoms with Crippen molar-refractivity contribution in [1.82, 2.24) is 15.0 Å². The largest absolute Gasteiger partial charge is 1.00 e. The summed E-state index contributed by atoms with van der Waals surface area (Å²) in [6.07, 6.45) is 21.5. The maximum atomic E-state index is 13.3. The third kappa shape index (κ3) is 21.9. The van der Waals surface area contributed by atoms with Crippen LogP contribution in [-0.4, -0.2) is 45.1 Å². The number of amidine groups is 1. The Hall–Kier alpha value is -2.63. The second-order valence-electron chi connectivity index (χ2n) is 11.9. The molecule has 8 nitrogen and oxygen atoms in total. The van der Waals surface area contributed by atoms with Crippen molar-refractivity contribution < 1.29 is 74.9 Å². The van der Waals surface area contributed by atoms with Gasteiger partial charge in [0.1, 0.15) is 29.2 Å². The van der Waals surface area contributed by atoms with Crippen molar-refractivity contribution in [3.63, 3.8) is 0 Å². The van der Waals surface area contributed by atoms with Crippen molar-refractivity contribution in [3.8, 4) is 6.08 Å². The number of allylic oxidation sites excluding steroid dienone is 11. The van der Waals surface area contributed by atoms with Gasteiger partial charge < -0.3 is 14.4 Å². The van der Waals surface area contributed by atoms with E-state index in [0.717, 1.165) is 35.3 Å². The molecule has 2 aliphatic carbocycles. The van der Waals surface area contributed by atoms with Crippen molar-refractivity contribution in [2.45, 2.75) is 120 Å². The molecule has 0 aromatic carbocycles. The number of hydrogen-bond donors (Lipinski definition) is 1. The molecule has 1 amide bonds. The van der Waals surface area contributed by atoms with E-state index >= 15 is 0 Å². The number of aromatic nitrogens is 2. The molecular weight excluding hydrogens is 647 g/mol. The van der Waals surface area contributed by atoms with Crippen LogP contribution in [0.4, 0.5) is 4.39 Å². The Morgan fingerprint density at radius 3 is 2.37 bits per heavy atom. The van der Waals surface area contributed by atoms with Gasteiger partial charge in [0.2, 0.25) is 0 Å². The average Bonchev–Trinajstić information content (AvgIpc) is 3.18. The van der Waals surface area contributed by atoms with Crippen LogP contribution in [0.1, 0.15) is 107 Å². The summed E-state index contributed by atoms with van der Waals surface area (Å²) in [5.74, 6) is 1.05. The maximum Gasteiger partial charge on any atom is 1.00 e. The molecule has 0 aliphatic heterocycles. The first-order chi connectivity index (χ1) is 22.7. The van der Waals surface area contributed by atoms with E-state index in [1.54, 1.807) is 6.92 Å². The average molecular weight is 705 g/mol. The fourth-order valence-electron chi connectivity index (χ4n) is 4.11. The molecule has 0 saturated carbocycles. The molecule has 1 heterocycles. The number of amides is 1. The van der Waals surface area contributed by atoms with Crippen molar-refractivity contribution in [2.75, 3.05) is 6.54 Å². The molecule has 0 spiro atoms. The number of carbonyl (C=O) groups excluding carboxylic acids is 1. The molecule has 0 radical (unpaired) electrons. The molecule has 49 heavy (non-hydrogen) atoms. The van der Waals surface area contributed by atoms with Gasteiger partial charge in [0.15, 0.2) is 6.08 Å². The van der Waals surface area contributed by atoms with E-state index in [0.29, 0.717) is 12.8 Å². The smallest absolute Gasteiger partial charge is 0.528 e. The zero-order valence-electron chi connectivity index (χ0n) is 31.9. The number of carbonyl (C=O) groups is 1. The molecular formula is C39H58FKN4O4. The number of nitrogens with one attached hydrogen (secondary N) is 1. The fourth-order valence-corrected chi connectivity index (χ4v) is 4.11. The van der Waals surface area contributed by atoms with Crippen molar-refractivity contribution >= 4 is 11.7 Å². The Labute approximate surface area is 337 Å². The zero-order valence-corrected chi connectivity index (χ0v) is 35.0. The standard InChI is InChI=1S/C23H29FN4O3.C11H16O.C3H8.C2H6.K/c1-5-7-20(25)28(22(29)16(3)12-17(4)24)14-18-8-6-9-19(11-10-18)15(2)13-21-26-23(30)31-27-21;1-11(2,3)12-10-8-6-4-5-7-9-10;1-3-2;1-2;/h8-12,17,25H,2,5-7,13-14H2,1,3-4H3,(H,26,27,30);4,6-9H,5H2,1-3H3;3H2,1-2H3;1-2H3;/q;;;;+1/p-1/b16-12+,25-20?;;;;. The molecule has 2 aliphatic rings. The van der Waals surface area contributed by atoms with Gasteiger partial charge >= 0.3 is 51.4 Å². The van der Waals surface area contributed by atoms with Gasteiger partial charge in [-0.3, -0.25) is 15.1 Å². The first-order valence-electron chi connectivity index (χ1n) is 16.9. The van der Waals surface area contributed by atoms with E-state index in [-0.39, 0.29) is 93.1 Å². The molecule has 1 unspecified atom stereocenters. The second kappa shape index (κ2) is 27.1. The Bertz CT molecular complexity index is 1380. The van der Waals surface area contributed by atoms with Crippen LogP contribution in [0.25, 0.3) is 0 Å². The zero-order chi connectivity index (χ0) is 36.7. The molecule has 1 aromatic heterocycles. The number of hydrogen-bond acceptors (Lipinski definition) is 7. The summed E-state index contributed by atoms with van der Waals surface area (Å²) < 4.78 is 23.5. The number of rotatable bonds is 10. The fraction of sp³-hybridized carbons (Fsp3) is 0.487. The number of ether oxygens (including phenoxy) is 1. The van der Waals surface area contributed by atoms with Crippen LogP contribution in [0.2, 0.25) is 0 Å². The van der Waals surface area contributed by atoms with Crippen LogP contribution in [0, 0.1) is 5.41 Å². The van der Waals surface area contributed by atoms with Crippen LogP contribution in [-0.2, 0) is 16.0 Å². The molecule has 0 saturated heterocycles. The minimum absolute atomic E-state index is 0. The van der Waals surface area contributed by atoms with Crippen LogP contribution >= 0.6 is 0 Å². The monoisotopic (exact) mass is 704 g/mol. The van der Waals surface area contributed by atoms with Crippen molar-refractivity contribution in [3.05, 3.63) is 101 Å². The molecule has 266 valence electrons. The molecule has 0 fully saturated rings. The SMILES string of the molecule is C=C(Cc1noc([O-])n1)C1=CCC=C(CN(C(=N)CCC)C(=O)/C(C)=C/C(C)F)C=C1.CC.CC(C)(C)OC1=CC=CCC=C1.CCC.[K+]. The summed E-state index contributed by atoms with van der Waals surface area (Å²) in [4.78, 5) is 17.9. The van der Waals surface area contributed by atoms with E-state index in [2.05, 4.69) is 68.0 Å². The second-order valence-corrected chi connectivity index (χ2v) is 11.9. The predicted octanol–water partition coefficient (Wildman–Crippen LogP) is 6.61. The van der Waals surface area contributed by atoms with Crippen molar-refractivity contribution in [1.29, 1.82) is 5.41 Å². The molecule has 10 heteroatoms. The normalized spacial score (nSPS) is 14.2. The molecule has 1 N–H and O–H groups in total. The van der Waals surface area contributed by atoms with Crippen LogP contribution in [0.3, 0.4) is 0 Å². The Balaban J connectivity index is 0. The molecule has 0 bridgehead atoms. The summed E-state index contributed by atoms with van der Waals surface area (Å²) >= 11 is 0. The number of halogens is 1. The van der Waals surface area contributed by atoms with Crippen LogP contribution < -0.4 is 56.5 Å². The van der Waals surface area contributed by atoms with Gasteiger partial charge in [-0.05, 0) is 88.8 Å². The van der Waals surface area contributed by atoms with E-state index in [1.165, 1.54) is 24.3 Å². The summed E-state index contributed by atoms with van der Waals surface area (Å²) in [5.41, 5.74) is 2.63. The van der Waals surface area contributed by atoms with E-state index in [1.807, 2.05) is 63.3 Å². The van der Waals surface area contributed by atoms with Gasteiger partial charge in [0.05, 0.1) is 6.54 Å². The minimum Gasteiger partial charge on any atom is -0.528 e. The van der Waals surface area contributed by atoms with Gasteiger partial charge in [-0.1, -0.05) is 90.2 Å². The quantitative estimate of drug-likeness (QED) is 0.127. The molecule has 1 atom stereocenters. The van der Waals surface area contributed by atoms with Gasteiger partial charge in [-0.2, -0.15) is 5.16 Å². The minimum atomic E-state index is -1.24. The first-order valence-corrected chi connectivity index (χ1v) is 16.9. The Morgan fingerprint density at radius 2 is 1.82 bits per heavy atom. The van der Waals surface area contributed by atoms with Gasteiger partial charge in [-0.25, -0.2) is 9.37 Å². The van der Waals surface area contributed by atoms with Crippen molar-refractivity contribution in [2.24, 2.45) is 0 Å². The van der Waals surface area contributed by atoms with E-state index in [4.69, 9.17) is 10.1 Å². The van der Waals surface area contributed by atoms with E-state index < -0.39 is 12.2 Å². The van der Waals surface area contributed by atoms with E-state index in [9.17, 15) is 14.3 Å². The van der Waals surface area contributed by atoms with Gasteiger partial charge in [0, 0.05) is 18.4 Å². The molecule has 1 aromatic rings. The first kappa shape index (κ1) is 48.5. The van der Waals surface area contributed by atoms with Gasteiger partial charge in [0.25, 0.3) is 5.91 Å². The molecule has 3 rings (SSSR count). The third-order valence-electron chi connectivity index (χ3n) is 6.01. The topological polar surface area (TPSA) is 115 Å². The Morgan fingerprint density at radius 1 is 1.16 bits per heavy atom. The number of alkyl halides is 1. The summed E-state index contributed by atoms with van der Waals surface area (Å²) in [7, 11) is 0. The summed E-state index contributed by atoms with van der Waals surface area (Å²) in [6.45, 7) is 23.5. The predicted molar refractivity (Wildman–Crippen MR) is 194 cm³/mol. The Kier molecular flexibility index (Phi) is 26.8. The van der Waals surface area contributed by atoms with Gasteiger partial charge in [-0.15, -0.1) is 0 Å². The number of nitrogens with zero attached hydrogens (tertiary/aromatic N) is 3. The maximum absolute atomic E-state index is 13.3. The summed E-state index contributed by atoms with van der Waals surface area (Å²) in [5, 5.41) is 22.9. The summed E-state index contributed by atoms with van der Waals surface area (Å²) in [6, 6.07) is 0. The third-order valence-corrected chi connectivity index (χ3v) is 6.01.